The van der Waals surface area contributed by atoms with Crippen LogP contribution in [0.5, 0.6) is 0 Å². The van der Waals surface area contributed by atoms with Gasteiger partial charge in [0.15, 0.2) is 0 Å². The Hall–Kier alpha value is -4.26. The molecule has 0 radical (unpaired) electrons. The summed E-state index contributed by atoms with van der Waals surface area (Å²) in [4.78, 5) is 26.3. The van der Waals surface area contributed by atoms with Crippen LogP contribution in [0.2, 0.25) is 0 Å². The van der Waals surface area contributed by atoms with Crippen LogP contribution >= 0.6 is 0 Å². The van der Waals surface area contributed by atoms with Gasteiger partial charge in [-0.2, -0.15) is 0 Å². The van der Waals surface area contributed by atoms with Crippen molar-refractivity contribution in [2.45, 2.75) is 62.8 Å². The van der Waals surface area contributed by atoms with Crippen LogP contribution in [0.4, 0.5) is 0 Å². The number of nitrogens with one attached hydrogen (secondary N) is 2. The molecule has 2 amide bonds. The summed E-state index contributed by atoms with van der Waals surface area (Å²) in [6, 6.07) is 36.8. The minimum atomic E-state index is -1.36. The van der Waals surface area contributed by atoms with Gasteiger partial charge in [0, 0.05) is 25.7 Å². The molecule has 4 aromatic carbocycles. The molecule has 2 atom stereocenters. The molecule has 0 bridgehead atoms. The lowest BCUT2D eigenvalue weighted by atomic mass is 9.82. The number of hydrogen-bond donors (Lipinski definition) is 4. The van der Waals surface area contributed by atoms with Crippen LogP contribution < -0.4 is 10.6 Å². The third kappa shape index (κ3) is 8.38. The van der Waals surface area contributed by atoms with Crippen molar-refractivity contribution in [2.75, 3.05) is 0 Å². The van der Waals surface area contributed by atoms with Gasteiger partial charge >= 0.3 is 11.8 Å². The average Bonchev–Trinajstić information content (AvgIpc) is 2.99. The van der Waals surface area contributed by atoms with Crippen LogP contribution in [0.15, 0.2) is 121 Å². The minimum absolute atomic E-state index is 0.288. The number of aliphatic hydroxyl groups is 2. The van der Waals surface area contributed by atoms with E-state index in [1.54, 1.807) is 13.8 Å². The Balaban J connectivity index is 1.48. The zero-order chi connectivity index (χ0) is 30.0. The molecule has 4 N–H and O–H groups in total. The van der Waals surface area contributed by atoms with E-state index in [0.717, 1.165) is 22.3 Å². The molecule has 0 aromatic heterocycles. The molecule has 0 fully saturated rings. The van der Waals surface area contributed by atoms with E-state index in [1.807, 2.05) is 121 Å². The predicted molar refractivity (Wildman–Crippen MR) is 166 cm³/mol. The largest absolute Gasteiger partial charge is 0.387 e. The van der Waals surface area contributed by atoms with E-state index in [0.29, 0.717) is 0 Å². The summed E-state index contributed by atoms with van der Waals surface area (Å²) in [6.07, 6.45) is 1.15. The first-order chi connectivity index (χ1) is 20.2. The second-order valence-electron chi connectivity index (χ2n) is 11.2. The Labute approximate surface area is 248 Å². The molecule has 0 heterocycles. The van der Waals surface area contributed by atoms with Crippen molar-refractivity contribution in [3.05, 3.63) is 144 Å². The van der Waals surface area contributed by atoms with Gasteiger partial charge in [0.2, 0.25) is 0 Å². The molecular formula is C36H40N2O4. The van der Waals surface area contributed by atoms with Crippen LogP contribution in [-0.2, 0) is 35.3 Å². The van der Waals surface area contributed by atoms with Gasteiger partial charge in [-0.1, -0.05) is 121 Å². The normalized spacial score (nSPS) is 13.1. The second kappa shape index (κ2) is 14.1. The highest BCUT2D eigenvalue weighted by atomic mass is 16.3. The van der Waals surface area contributed by atoms with Gasteiger partial charge in [-0.25, -0.2) is 0 Å². The molecule has 4 rings (SSSR count). The Kier molecular flexibility index (Phi) is 10.3. The number of benzene rings is 4. The molecule has 0 aliphatic heterocycles. The summed E-state index contributed by atoms with van der Waals surface area (Å²) in [6.45, 7) is 3.42. The highest BCUT2D eigenvalue weighted by molar-refractivity contribution is 6.35. The smallest absolute Gasteiger partial charge is 0.309 e. The lowest BCUT2D eigenvalue weighted by molar-refractivity contribution is -0.142. The molecule has 0 saturated heterocycles. The lowest BCUT2D eigenvalue weighted by Crippen LogP contribution is -2.59. The fraction of sp³-hybridized carbons (Fsp3) is 0.278. The monoisotopic (exact) mass is 564 g/mol. The van der Waals surface area contributed by atoms with E-state index < -0.39 is 35.1 Å². The van der Waals surface area contributed by atoms with Gasteiger partial charge in [0.25, 0.3) is 0 Å². The molecule has 6 heteroatoms. The summed E-state index contributed by atoms with van der Waals surface area (Å²) in [5.74, 6) is -1.73. The summed E-state index contributed by atoms with van der Waals surface area (Å²) in [5, 5.41) is 29.2. The number of carbonyl (C=O) groups excluding carboxylic acids is 2. The van der Waals surface area contributed by atoms with Gasteiger partial charge in [0.05, 0.1) is 23.3 Å². The van der Waals surface area contributed by atoms with Crippen molar-refractivity contribution in [3.8, 4) is 0 Å². The van der Waals surface area contributed by atoms with E-state index in [1.165, 1.54) is 0 Å². The van der Waals surface area contributed by atoms with Crippen molar-refractivity contribution >= 4 is 11.8 Å². The first-order valence-corrected chi connectivity index (χ1v) is 14.4. The van der Waals surface area contributed by atoms with Crippen LogP contribution in [0.3, 0.4) is 0 Å². The second-order valence-corrected chi connectivity index (χ2v) is 11.2. The number of hydrogen-bond acceptors (Lipinski definition) is 4. The number of rotatable bonds is 12. The van der Waals surface area contributed by atoms with E-state index in [9.17, 15) is 19.8 Å². The van der Waals surface area contributed by atoms with Crippen molar-refractivity contribution in [3.63, 3.8) is 0 Å². The fourth-order valence-electron chi connectivity index (χ4n) is 5.33. The third-order valence-corrected chi connectivity index (χ3v) is 7.93. The quantitative estimate of drug-likeness (QED) is 0.191. The van der Waals surface area contributed by atoms with Gasteiger partial charge in [-0.05, 0) is 36.1 Å². The van der Waals surface area contributed by atoms with Crippen LogP contribution in [0.1, 0.15) is 36.1 Å². The molecule has 2 unspecified atom stereocenters. The Morgan fingerprint density at radius 1 is 0.500 bits per heavy atom. The molecule has 218 valence electrons. The molecule has 0 aliphatic rings. The minimum Gasteiger partial charge on any atom is -0.387 e. The molecule has 6 nitrogen and oxygen atoms in total. The Morgan fingerprint density at radius 3 is 0.929 bits per heavy atom. The Bertz CT molecular complexity index is 1220. The SMILES string of the molecule is CC(NC(=O)C(=O)NC(C)C(O)(Cc1ccccc1)Cc1ccccc1)C(O)(Cc1ccccc1)Cc1ccccc1. The van der Waals surface area contributed by atoms with Crippen LogP contribution in [-0.4, -0.2) is 45.3 Å². The standard InChI is InChI=1S/C36H40N2O4/c1-27(35(41,23-29-15-7-3-8-16-29)24-30-17-9-4-10-18-30)37-33(39)34(40)38-28(2)36(42,25-31-19-11-5-12-20-31)26-32-21-13-6-14-22-32/h3-22,27-28,41-42H,23-26H2,1-2H3,(H,37,39)(H,38,40). The molecule has 4 aromatic rings. The lowest BCUT2D eigenvalue weighted by Gasteiger charge is -2.36. The average molecular weight is 565 g/mol. The van der Waals surface area contributed by atoms with Crippen molar-refractivity contribution in [1.29, 1.82) is 0 Å². The van der Waals surface area contributed by atoms with Gasteiger partial charge in [0.1, 0.15) is 0 Å². The summed E-state index contributed by atoms with van der Waals surface area (Å²) >= 11 is 0. The van der Waals surface area contributed by atoms with Crippen molar-refractivity contribution in [1.82, 2.24) is 10.6 Å². The highest BCUT2D eigenvalue weighted by Crippen LogP contribution is 2.25. The van der Waals surface area contributed by atoms with E-state index in [4.69, 9.17) is 0 Å². The predicted octanol–water partition coefficient (Wildman–Crippen LogP) is 4.43. The van der Waals surface area contributed by atoms with Crippen molar-refractivity contribution < 1.29 is 19.8 Å². The molecule has 0 aliphatic carbocycles. The maximum Gasteiger partial charge on any atom is 0.309 e. The topological polar surface area (TPSA) is 98.7 Å². The molecule has 42 heavy (non-hydrogen) atoms. The Morgan fingerprint density at radius 2 is 0.714 bits per heavy atom. The highest BCUT2D eigenvalue weighted by Gasteiger charge is 2.39. The van der Waals surface area contributed by atoms with Crippen molar-refractivity contribution in [2.24, 2.45) is 0 Å². The zero-order valence-corrected chi connectivity index (χ0v) is 24.2. The first kappa shape index (κ1) is 30.7. The third-order valence-electron chi connectivity index (χ3n) is 7.93. The molecular weight excluding hydrogens is 524 g/mol. The van der Waals surface area contributed by atoms with E-state index in [2.05, 4.69) is 10.6 Å². The summed E-state index contributed by atoms with van der Waals surface area (Å²) in [5.41, 5.74) is 0.963. The van der Waals surface area contributed by atoms with E-state index in [-0.39, 0.29) is 25.7 Å². The van der Waals surface area contributed by atoms with Crippen LogP contribution in [0, 0.1) is 0 Å². The summed E-state index contributed by atoms with van der Waals surface area (Å²) < 4.78 is 0. The molecule has 0 saturated carbocycles. The number of amides is 2. The fourth-order valence-corrected chi connectivity index (χ4v) is 5.33. The summed E-state index contributed by atoms with van der Waals surface area (Å²) in [7, 11) is 0. The zero-order valence-electron chi connectivity index (χ0n) is 24.2. The van der Waals surface area contributed by atoms with Gasteiger partial charge < -0.3 is 20.8 Å². The van der Waals surface area contributed by atoms with Gasteiger partial charge in [-0.3, -0.25) is 9.59 Å². The number of carbonyl (C=O) groups is 2. The molecule has 0 spiro atoms. The maximum atomic E-state index is 13.2. The van der Waals surface area contributed by atoms with Crippen LogP contribution in [0.25, 0.3) is 0 Å². The van der Waals surface area contributed by atoms with E-state index >= 15 is 0 Å². The van der Waals surface area contributed by atoms with Gasteiger partial charge in [-0.15, -0.1) is 0 Å². The first-order valence-electron chi connectivity index (χ1n) is 14.4. The maximum absolute atomic E-state index is 13.2.